The van der Waals surface area contributed by atoms with E-state index < -0.39 is 18.8 Å². The molecule has 8 heteroatoms. The van der Waals surface area contributed by atoms with Gasteiger partial charge in [-0.05, 0) is 18.2 Å². The van der Waals surface area contributed by atoms with Crippen LogP contribution in [0, 0.1) is 0 Å². The van der Waals surface area contributed by atoms with Gasteiger partial charge in [0, 0.05) is 6.54 Å². The highest BCUT2D eigenvalue weighted by Gasteiger charge is 2.27. The lowest BCUT2D eigenvalue weighted by Crippen LogP contribution is -2.20. The number of carbonyl (C=O) groups is 1. The molecular formula is C12H15F3N2O3. The van der Waals surface area contributed by atoms with E-state index in [1.807, 2.05) is 0 Å². The van der Waals surface area contributed by atoms with Gasteiger partial charge >= 0.3 is 12.1 Å². The van der Waals surface area contributed by atoms with E-state index in [4.69, 9.17) is 5.73 Å². The van der Waals surface area contributed by atoms with Crippen molar-refractivity contribution in [2.45, 2.75) is 6.18 Å². The van der Waals surface area contributed by atoms with Crippen LogP contribution < -0.4 is 11.1 Å². The van der Waals surface area contributed by atoms with E-state index in [-0.39, 0.29) is 13.2 Å². The number of ether oxygens (including phenoxy) is 2. The number of esters is 1. The monoisotopic (exact) mass is 292 g/mol. The van der Waals surface area contributed by atoms with Gasteiger partial charge in [-0.3, -0.25) is 0 Å². The number of methoxy groups -OCH3 is 1. The maximum atomic E-state index is 11.8. The Hall–Kier alpha value is -1.96. The molecule has 0 aliphatic carbocycles. The SMILES string of the molecule is COC(=O)c1ccc(N)c(NCCOCC(F)(F)F)c1. The van der Waals surface area contributed by atoms with Gasteiger partial charge in [-0.25, -0.2) is 4.79 Å². The van der Waals surface area contributed by atoms with Gasteiger partial charge in [0.15, 0.2) is 0 Å². The van der Waals surface area contributed by atoms with Gasteiger partial charge < -0.3 is 20.5 Å². The van der Waals surface area contributed by atoms with Crippen molar-refractivity contribution >= 4 is 17.3 Å². The molecular weight excluding hydrogens is 277 g/mol. The first-order valence-corrected chi connectivity index (χ1v) is 5.69. The topological polar surface area (TPSA) is 73.6 Å². The van der Waals surface area contributed by atoms with Crippen molar-refractivity contribution < 1.29 is 27.4 Å². The van der Waals surface area contributed by atoms with Crippen LogP contribution in [0.4, 0.5) is 24.5 Å². The molecule has 0 radical (unpaired) electrons. The van der Waals surface area contributed by atoms with Gasteiger partial charge in [-0.2, -0.15) is 13.2 Å². The summed E-state index contributed by atoms with van der Waals surface area (Å²) in [7, 11) is 1.25. The zero-order valence-corrected chi connectivity index (χ0v) is 10.8. The van der Waals surface area contributed by atoms with Crippen LogP contribution in [0.5, 0.6) is 0 Å². The zero-order chi connectivity index (χ0) is 15.2. The third-order valence-electron chi connectivity index (χ3n) is 2.30. The quantitative estimate of drug-likeness (QED) is 0.477. The fourth-order valence-electron chi connectivity index (χ4n) is 1.40. The first-order chi connectivity index (χ1) is 9.33. The van der Waals surface area contributed by atoms with Crippen molar-refractivity contribution in [2.75, 3.05) is 37.9 Å². The number of rotatable bonds is 6. The molecule has 3 N–H and O–H groups in total. The lowest BCUT2D eigenvalue weighted by atomic mass is 10.1. The number of nitrogen functional groups attached to an aromatic ring is 1. The fraction of sp³-hybridized carbons (Fsp3) is 0.417. The molecule has 0 aliphatic rings. The predicted octanol–water partition coefficient (Wildman–Crippen LogP) is 2.05. The van der Waals surface area contributed by atoms with Crippen LogP contribution in [0.1, 0.15) is 10.4 Å². The highest BCUT2D eigenvalue weighted by Crippen LogP contribution is 2.20. The second-order valence-corrected chi connectivity index (χ2v) is 3.89. The standard InChI is InChI=1S/C12H15F3N2O3/c1-19-11(18)8-2-3-9(16)10(6-8)17-4-5-20-7-12(13,14)15/h2-3,6,17H,4-5,7,16H2,1H3. The summed E-state index contributed by atoms with van der Waals surface area (Å²) in [6, 6.07) is 4.46. The molecule has 0 saturated heterocycles. The summed E-state index contributed by atoms with van der Waals surface area (Å²) in [5.41, 5.74) is 6.77. The van der Waals surface area contributed by atoms with Crippen molar-refractivity contribution in [1.82, 2.24) is 0 Å². The van der Waals surface area contributed by atoms with Crippen molar-refractivity contribution in [1.29, 1.82) is 0 Å². The number of anilines is 2. The summed E-state index contributed by atoms with van der Waals surface area (Å²) in [6.45, 7) is -1.31. The number of nitrogens with two attached hydrogens (primary N) is 1. The Morgan fingerprint density at radius 1 is 1.40 bits per heavy atom. The summed E-state index contributed by atoms with van der Waals surface area (Å²) in [4.78, 5) is 11.3. The van der Waals surface area contributed by atoms with Gasteiger partial charge in [0.05, 0.1) is 30.7 Å². The number of halogens is 3. The van der Waals surface area contributed by atoms with Crippen LogP contribution in [0.25, 0.3) is 0 Å². The molecule has 0 spiro atoms. The van der Waals surface area contributed by atoms with Crippen LogP contribution in [-0.4, -0.2) is 39.0 Å². The summed E-state index contributed by atoms with van der Waals surface area (Å²) < 4.78 is 44.5. The average Bonchev–Trinajstić information content (AvgIpc) is 2.38. The van der Waals surface area contributed by atoms with Crippen molar-refractivity contribution in [3.8, 4) is 0 Å². The van der Waals surface area contributed by atoms with Crippen LogP contribution >= 0.6 is 0 Å². The van der Waals surface area contributed by atoms with E-state index in [9.17, 15) is 18.0 Å². The Bertz CT molecular complexity index is 464. The van der Waals surface area contributed by atoms with Crippen LogP contribution in [0.15, 0.2) is 18.2 Å². The van der Waals surface area contributed by atoms with Crippen LogP contribution in [0.3, 0.4) is 0 Å². The molecule has 0 heterocycles. The van der Waals surface area contributed by atoms with Crippen LogP contribution in [0.2, 0.25) is 0 Å². The van der Waals surface area contributed by atoms with Crippen molar-refractivity contribution in [3.63, 3.8) is 0 Å². The number of nitrogens with one attached hydrogen (secondary N) is 1. The molecule has 1 aromatic carbocycles. The number of carbonyl (C=O) groups excluding carboxylic acids is 1. The van der Waals surface area contributed by atoms with Crippen LogP contribution in [-0.2, 0) is 9.47 Å². The van der Waals surface area contributed by atoms with E-state index in [2.05, 4.69) is 14.8 Å². The minimum atomic E-state index is -4.34. The molecule has 20 heavy (non-hydrogen) atoms. The fourth-order valence-corrected chi connectivity index (χ4v) is 1.40. The van der Waals surface area contributed by atoms with Gasteiger partial charge in [-0.1, -0.05) is 0 Å². The maximum Gasteiger partial charge on any atom is 0.411 e. The molecule has 1 rings (SSSR count). The van der Waals surface area contributed by atoms with E-state index in [0.29, 0.717) is 16.9 Å². The molecule has 0 bridgehead atoms. The lowest BCUT2D eigenvalue weighted by molar-refractivity contribution is -0.172. The first-order valence-electron chi connectivity index (χ1n) is 5.69. The normalized spacial score (nSPS) is 11.2. The molecule has 112 valence electrons. The second kappa shape index (κ2) is 6.99. The lowest BCUT2D eigenvalue weighted by Gasteiger charge is -2.11. The molecule has 0 atom stereocenters. The molecule has 0 fully saturated rings. The molecule has 5 nitrogen and oxygen atoms in total. The second-order valence-electron chi connectivity index (χ2n) is 3.89. The number of hydrogen-bond donors (Lipinski definition) is 2. The van der Waals surface area contributed by atoms with E-state index in [0.717, 1.165) is 0 Å². The molecule has 0 amide bonds. The zero-order valence-electron chi connectivity index (χ0n) is 10.8. The third-order valence-corrected chi connectivity index (χ3v) is 2.30. The number of alkyl halides is 3. The van der Waals surface area contributed by atoms with Crippen molar-refractivity contribution in [3.05, 3.63) is 23.8 Å². The van der Waals surface area contributed by atoms with Gasteiger partial charge in [0.2, 0.25) is 0 Å². The highest BCUT2D eigenvalue weighted by atomic mass is 19.4. The molecule has 0 unspecified atom stereocenters. The summed E-state index contributed by atoms with van der Waals surface area (Å²) >= 11 is 0. The Balaban J connectivity index is 2.49. The summed E-state index contributed by atoms with van der Waals surface area (Å²) in [5.74, 6) is -0.527. The highest BCUT2D eigenvalue weighted by molar-refractivity contribution is 5.91. The smallest absolute Gasteiger partial charge is 0.411 e. The first kappa shape index (κ1) is 16.1. The van der Waals surface area contributed by atoms with E-state index in [1.165, 1.54) is 25.3 Å². The van der Waals surface area contributed by atoms with Gasteiger partial charge in [0.1, 0.15) is 6.61 Å². The number of hydrogen-bond acceptors (Lipinski definition) is 5. The summed E-state index contributed by atoms with van der Waals surface area (Å²) in [5, 5.41) is 2.79. The third kappa shape index (κ3) is 5.35. The minimum Gasteiger partial charge on any atom is -0.465 e. The Morgan fingerprint density at radius 3 is 2.70 bits per heavy atom. The maximum absolute atomic E-state index is 11.8. The molecule has 0 saturated carbocycles. The van der Waals surface area contributed by atoms with E-state index >= 15 is 0 Å². The largest absolute Gasteiger partial charge is 0.465 e. The molecule has 0 aliphatic heterocycles. The summed E-state index contributed by atoms with van der Waals surface area (Å²) in [6.07, 6.45) is -4.34. The Kier molecular flexibility index (Phi) is 5.63. The Labute approximate surface area is 113 Å². The average molecular weight is 292 g/mol. The predicted molar refractivity (Wildman–Crippen MR) is 67.6 cm³/mol. The molecule has 1 aromatic rings. The van der Waals surface area contributed by atoms with Gasteiger partial charge in [0.25, 0.3) is 0 Å². The van der Waals surface area contributed by atoms with Gasteiger partial charge in [-0.15, -0.1) is 0 Å². The Morgan fingerprint density at radius 2 is 2.10 bits per heavy atom. The van der Waals surface area contributed by atoms with Crippen molar-refractivity contribution in [2.24, 2.45) is 0 Å². The minimum absolute atomic E-state index is 0.130. The number of benzene rings is 1. The van der Waals surface area contributed by atoms with E-state index in [1.54, 1.807) is 0 Å². The molecule has 0 aromatic heterocycles.